The van der Waals surface area contributed by atoms with E-state index < -0.39 is 18.4 Å². The smallest absolute Gasteiger partial charge is 0.431 e. The van der Waals surface area contributed by atoms with Crippen LogP contribution in [-0.4, -0.2) is 54.1 Å². The molecule has 2 rings (SSSR count). The summed E-state index contributed by atoms with van der Waals surface area (Å²) in [5.41, 5.74) is 0.201. The Morgan fingerprint density at radius 3 is 2.70 bits per heavy atom. The summed E-state index contributed by atoms with van der Waals surface area (Å²) in [7, 11) is 2.98. The van der Waals surface area contributed by atoms with Crippen LogP contribution in [0.1, 0.15) is 0 Å². The van der Waals surface area contributed by atoms with Crippen LogP contribution in [0.4, 0.5) is 15.3 Å². The summed E-state index contributed by atoms with van der Waals surface area (Å²) in [6, 6.07) is 5.92. The minimum Gasteiger partial charge on any atom is -0.463 e. The number of halogens is 1. The maximum Gasteiger partial charge on any atom is 0.431 e. The normalized spacial score (nSPS) is 18.6. The molecule has 1 heterocycles. The van der Waals surface area contributed by atoms with Crippen LogP contribution in [0.25, 0.3) is 0 Å². The van der Waals surface area contributed by atoms with Gasteiger partial charge in [-0.05, 0) is 12.1 Å². The Balaban J connectivity index is 2.46. The predicted octanol–water partition coefficient (Wildman–Crippen LogP) is 2.08. The SMILES string of the molecule is COC1CN(C)C(=O)N1N(C(=O)O)c1ccccc1Cl. The van der Waals surface area contributed by atoms with Crippen molar-refractivity contribution in [1.82, 2.24) is 9.91 Å². The first-order valence-corrected chi connectivity index (χ1v) is 6.19. The van der Waals surface area contributed by atoms with Crippen molar-refractivity contribution in [2.45, 2.75) is 6.23 Å². The second kappa shape index (κ2) is 5.56. The van der Waals surface area contributed by atoms with Gasteiger partial charge in [0.15, 0.2) is 6.23 Å². The summed E-state index contributed by atoms with van der Waals surface area (Å²) in [6.07, 6.45) is -2.01. The Hall–Kier alpha value is -1.99. The molecule has 1 aliphatic heterocycles. The molecule has 0 radical (unpaired) electrons. The number of nitrogens with zero attached hydrogens (tertiary/aromatic N) is 3. The number of hydrogen-bond donors (Lipinski definition) is 1. The Labute approximate surface area is 120 Å². The van der Waals surface area contributed by atoms with Gasteiger partial charge in [-0.3, -0.25) is 0 Å². The van der Waals surface area contributed by atoms with Gasteiger partial charge in [0, 0.05) is 14.2 Å². The van der Waals surface area contributed by atoms with Gasteiger partial charge in [0.25, 0.3) is 0 Å². The van der Waals surface area contributed by atoms with Crippen LogP contribution >= 0.6 is 11.6 Å². The van der Waals surface area contributed by atoms with E-state index in [0.717, 1.165) is 10.0 Å². The summed E-state index contributed by atoms with van der Waals surface area (Å²) in [5, 5.41) is 11.5. The fourth-order valence-electron chi connectivity index (χ4n) is 2.01. The second-order valence-electron chi connectivity index (χ2n) is 4.24. The topological polar surface area (TPSA) is 73.3 Å². The van der Waals surface area contributed by atoms with Gasteiger partial charge < -0.3 is 14.7 Å². The molecule has 108 valence electrons. The quantitative estimate of drug-likeness (QED) is 0.927. The van der Waals surface area contributed by atoms with Crippen molar-refractivity contribution in [2.24, 2.45) is 0 Å². The first kappa shape index (κ1) is 14.4. The number of anilines is 1. The number of methoxy groups -OCH3 is 1. The predicted molar refractivity (Wildman–Crippen MR) is 72.6 cm³/mol. The molecule has 0 aromatic heterocycles. The summed E-state index contributed by atoms with van der Waals surface area (Å²) in [4.78, 5) is 25.1. The van der Waals surface area contributed by atoms with Gasteiger partial charge in [-0.15, -0.1) is 0 Å². The lowest BCUT2D eigenvalue weighted by Gasteiger charge is -2.32. The number of carbonyl (C=O) groups is 2. The van der Waals surface area contributed by atoms with Crippen molar-refractivity contribution in [3.8, 4) is 0 Å². The van der Waals surface area contributed by atoms with E-state index in [1.807, 2.05) is 0 Å². The summed E-state index contributed by atoms with van der Waals surface area (Å²) in [6.45, 7) is 0.267. The van der Waals surface area contributed by atoms with Crippen LogP contribution < -0.4 is 5.01 Å². The van der Waals surface area contributed by atoms with Crippen LogP contribution in [0, 0.1) is 0 Å². The van der Waals surface area contributed by atoms with Crippen molar-refractivity contribution < 1.29 is 19.4 Å². The maximum absolute atomic E-state index is 12.1. The molecule has 8 heteroatoms. The van der Waals surface area contributed by atoms with Crippen molar-refractivity contribution >= 4 is 29.4 Å². The van der Waals surface area contributed by atoms with Crippen LogP contribution in [-0.2, 0) is 4.74 Å². The lowest BCUT2D eigenvalue weighted by Crippen LogP contribution is -2.52. The third-order valence-electron chi connectivity index (χ3n) is 2.97. The van der Waals surface area contributed by atoms with Gasteiger partial charge in [0.2, 0.25) is 0 Å². The number of para-hydroxylation sites is 1. The molecule has 1 aromatic carbocycles. The summed E-state index contributed by atoms with van der Waals surface area (Å²) >= 11 is 6.02. The Morgan fingerprint density at radius 1 is 1.50 bits per heavy atom. The van der Waals surface area contributed by atoms with Crippen LogP contribution in [0.3, 0.4) is 0 Å². The third kappa shape index (κ3) is 2.37. The molecule has 1 unspecified atom stereocenters. The number of urea groups is 1. The number of hydrogen-bond acceptors (Lipinski definition) is 3. The minimum absolute atomic E-state index is 0.201. The number of rotatable bonds is 3. The fraction of sp³-hybridized carbons (Fsp3) is 0.333. The highest BCUT2D eigenvalue weighted by atomic mass is 35.5. The molecule has 1 aliphatic rings. The van der Waals surface area contributed by atoms with Crippen molar-refractivity contribution in [3.05, 3.63) is 29.3 Å². The molecule has 20 heavy (non-hydrogen) atoms. The average Bonchev–Trinajstić information content (AvgIpc) is 2.69. The molecule has 0 spiro atoms. The van der Waals surface area contributed by atoms with E-state index in [1.165, 1.54) is 18.1 Å². The molecule has 1 saturated heterocycles. The van der Waals surface area contributed by atoms with Crippen LogP contribution in [0.2, 0.25) is 5.02 Å². The number of benzene rings is 1. The maximum atomic E-state index is 12.1. The third-order valence-corrected chi connectivity index (χ3v) is 3.29. The number of amides is 3. The zero-order valence-corrected chi connectivity index (χ0v) is 11.7. The zero-order valence-electron chi connectivity index (χ0n) is 11.0. The monoisotopic (exact) mass is 299 g/mol. The number of carbonyl (C=O) groups excluding carboxylic acids is 1. The molecule has 1 atom stereocenters. The zero-order chi connectivity index (χ0) is 14.9. The van der Waals surface area contributed by atoms with E-state index in [9.17, 15) is 14.7 Å². The number of likely N-dealkylation sites (N-methyl/N-ethyl adjacent to an activating group) is 1. The highest BCUT2D eigenvalue weighted by molar-refractivity contribution is 6.33. The fourth-order valence-corrected chi connectivity index (χ4v) is 2.23. The van der Waals surface area contributed by atoms with Crippen molar-refractivity contribution in [1.29, 1.82) is 0 Å². The number of hydrazine groups is 1. The van der Waals surface area contributed by atoms with Crippen molar-refractivity contribution in [2.75, 3.05) is 25.7 Å². The molecular formula is C12H14ClN3O4. The Bertz CT molecular complexity index is 539. The molecular weight excluding hydrogens is 286 g/mol. The lowest BCUT2D eigenvalue weighted by molar-refractivity contribution is 0.0132. The average molecular weight is 300 g/mol. The lowest BCUT2D eigenvalue weighted by atomic mass is 10.3. The largest absolute Gasteiger partial charge is 0.463 e. The van der Waals surface area contributed by atoms with Crippen LogP contribution in [0.15, 0.2) is 24.3 Å². The second-order valence-corrected chi connectivity index (χ2v) is 4.65. The van der Waals surface area contributed by atoms with Gasteiger partial charge in [0.1, 0.15) is 0 Å². The van der Waals surface area contributed by atoms with E-state index in [0.29, 0.717) is 0 Å². The van der Waals surface area contributed by atoms with Gasteiger partial charge in [-0.25, -0.2) is 9.59 Å². The summed E-state index contributed by atoms with van der Waals surface area (Å²) < 4.78 is 5.17. The van der Waals surface area contributed by atoms with Gasteiger partial charge in [-0.1, -0.05) is 23.7 Å². The van der Waals surface area contributed by atoms with E-state index in [2.05, 4.69) is 0 Å². The van der Waals surface area contributed by atoms with E-state index in [1.54, 1.807) is 25.2 Å². The number of ether oxygens (including phenoxy) is 1. The van der Waals surface area contributed by atoms with Gasteiger partial charge in [0.05, 0.1) is 17.3 Å². The molecule has 7 nitrogen and oxygen atoms in total. The van der Waals surface area contributed by atoms with Crippen LogP contribution in [0.5, 0.6) is 0 Å². The van der Waals surface area contributed by atoms with E-state index >= 15 is 0 Å². The molecule has 0 aliphatic carbocycles. The van der Waals surface area contributed by atoms with E-state index in [-0.39, 0.29) is 17.3 Å². The molecule has 1 fully saturated rings. The Morgan fingerprint density at radius 2 is 2.15 bits per heavy atom. The molecule has 0 saturated carbocycles. The highest BCUT2D eigenvalue weighted by Crippen LogP contribution is 2.30. The summed E-state index contributed by atoms with van der Waals surface area (Å²) in [5.74, 6) is 0. The molecule has 1 N–H and O–H groups in total. The first-order valence-electron chi connectivity index (χ1n) is 5.82. The molecule has 0 bridgehead atoms. The first-order chi connectivity index (χ1) is 9.47. The molecule has 3 amide bonds. The van der Waals surface area contributed by atoms with Crippen molar-refractivity contribution in [3.63, 3.8) is 0 Å². The van der Waals surface area contributed by atoms with Gasteiger partial charge in [-0.2, -0.15) is 10.0 Å². The van der Waals surface area contributed by atoms with Gasteiger partial charge >= 0.3 is 12.1 Å². The number of carboxylic acid groups (broad SMARTS) is 1. The standard InChI is InChI=1S/C12H14ClN3O4/c1-14-7-10(20-2)16(11(14)17)15(12(18)19)9-6-4-3-5-8(9)13/h3-6,10H,7H2,1-2H3,(H,18,19). The highest BCUT2D eigenvalue weighted by Gasteiger charge is 2.42. The molecule has 1 aromatic rings. The Kier molecular flexibility index (Phi) is 4.01. The minimum atomic E-state index is -1.32. The van der Waals surface area contributed by atoms with E-state index in [4.69, 9.17) is 16.3 Å².